The zero-order chi connectivity index (χ0) is 14.2. The summed E-state index contributed by atoms with van der Waals surface area (Å²) in [5.41, 5.74) is 2.57. The van der Waals surface area contributed by atoms with Gasteiger partial charge >= 0.3 is 0 Å². The smallest absolute Gasteiger partial charge is 0.119 e. The summed E-state index contributed by atoms with van der Waals surface area (Å²) in [5, 5.41) is 9.63. The first-order valence-corrected chi connectivity index (χ1v) is 7.21. The van der Waals surface area contributed by atoms with Gasteiger partial charge in [-0.3, -0.25) is 0 Å². The van der Waals surface area contributed by atoms with Crippen molar-refractivity contribution in [3.8, 4) is 5.75 Å². The SMILES string of the molecule is CCCC(O)COc1ccc(Cc2ccccc2)cc1. The van der Waals surface area contributed by atoms with Crippen molar-refractivity contribution >= 4 is 0 Å². The maximum absolute atomic E-state index is 9.63. The molecule has 0 aliphatic heterocycles. The molecule has 2 rings (SSSR count). The molecule has 2 heteroatoms. The lowest BCUT2D eigenvalue weighted by Crippen LogP contribution is -2.16. The molecule has 0 radical (unpaired) electrons. The van der Waals surface area contributed by atoms with E-state index in [-0.39, 0.29) is 6.10 Å². The molecule has 0 bridgehead atoms. The highest BCUT2D eigenvalue weighted by atomic mass is 16.5. The van der Waals surface area contributed by atoms with E-state index in [0.29, 0.717) is 6.61 Å². The van der Waals surface area contributed by atoms with Crippen LogP contribution in [0, 0.1) is 0 Å². The van der Waals surface area contributed by atoms with Crippen molar-refractivity contribution < 1.29 is 9.84 Å². The van der Waals surface area contributed by atoms with E-state index in [1.807, 2.05) is 18.2 Å². The van der Waals surface area contributed by atoms with Gasteiger partial charge in [-0.2, -0.15) is 0 Å². The molecule has 1 N–H and O–H groups in total. The molecule has 1 atom stereocenters. The zero-order valence-corrected chi connectivity index (χ0v) is 12.0. The van der Waals surface area contributed by atoms with Gasteiger partial charge in [0.2, 0.25) is 0 Å². The quantitative estimate of drug-likeness (QED) is 0.829. The van der Waals surface area contributed by atoms with Crippen molar-refractivity contribution in [1.82, 2.24) is 0 Å². The Kier molecular flexibility index (Phi) is 5.63. The monoisotopic (exact) mass is 270 g/mol. The second kappa shape index (κ2) is 7.71. The van der Waals surface area contributed by atoms with Crippen LogP contribution < -0.4 is 4.74 Å². The number of rotatable bonds is 7. The van der Waals surface area contributed by atoms with Gasteiger partial charge in [-0.1, -0.05) is 55.8 Å². The van der Waals surface area contributed by atoms with Crippen molar-refractivity contribution in [2.45, 2.75) is 32.3 Å². The zero-order valence-electron chi connectivity index (χ0n) is 12.0. The molecular weight excluding hydrogens is 248 g/mol. The second-order valence-electron chi connectivity index (χ2n) is 5.06. The summed E-state index contributed by atoms with van der Waals surface area (Å²) in [7, 11) is 0. The molecule has 0 aliphatic carbocycles. The van der Waals surface area contributed by atoms with Crippen molar-refractivity contribution in [3.05, 3.63) is 65.7 Å². The van der Waals surface area contributed by atoms with Crippen LogP contribution in [0.5, 0.6) is 5.75 Å². The molecule has 1 unspecified atom stereocenters. The van der Waals surface area contributed by atoms with E-state index in [1.165, 1.54) is 11.1 Å². The third-order valence-electron chi connectivity index (χ3n) is 3.24. The van der Waals surface area contributed by atoms with Crippen LogP contribution in [0.3, 0.4) is 0 Å². The molecule has 0 saturated heterocycles. The predicted molar refractivity (Wildman–Crippen MR) is 82.1 cm³/mol. The van der Waals surface area contributed by atoms with Gasteiger partial charge in [-0.15, -0.1) is 0 Å². The molecule has 106 valence electrons. The van der Waals surface area contributed by atoms with Crippen LogP contribution in [0.4, 0.5) is 0 Å². The molecule has 2 aromatic carbocycles. The van der Waals surface area contributed by atoms with Crippen LogP contribution in [0.15, 0.2) is 54.6 Å². The van der Waals surface area contributed by atoms with Gasteiger partial charge in [0.05, 0.1) is 6.10 Å². The van der Waals surface area contributed by atoms with Crippen molar-refractivity contribution in [1.29, 1.82) is 0 Å². The molecule has 0 amide bonds. The normalized spacial score (nSPS) is 12.1. The van der Waals surface area contributed by atoms with Crippen molar-refractivity contribution in [3.63, 3.8) is 0 Å². The Balaban J connectivity index is 1.87. The van der Waals surface area contributed by atoms with Crippen LogP contribution in [0.2, 0.25) is 0 Å². The summed E-state index contributed by atoms with van der Waals surface area (Å²) >= 11 is 0. The molecular formula is C18H22O2. The van der Waals surface area contributed by atoms with E-state index < -0.39 is 0 Å². The highest BCUT2D eigenvalue weighted by Gasteiger charge is 2.03. The maximum Gasteiger partial charge on any atom is 0.119 e. The lowest BCUT2D eigenvalue weighted by atomic mass is 10.1. The average Bonchev–Trinajstić information content (AvgIpc) is 2.48. The fourth-order valence-corrected chi connectivity index (χ4v) is 2.14. The van der Waals surface area contributed by atoms with Gasteiger partial charge in [0.15, 0.2) is 0 Å². The Morgan fingerprint density at radius 2 is 1.60 bits per heavy atom. The van der Waals surface area contributed by atoms with E-state index in [1.54, 1.807) is 0 Å². The number of ether oxygens (including phenoxy) is 1. The highest BCUT2D eigenvalue weighted by molar-refractivity contribution is 5.31. The standard InChI is InChI=1S/C18H22O2/c1-2-6-17(19)14-20-18-11-9-16(10-12-18)13-15-7-4-3-5-8-15/h3-5,7-12,17,19H,2,6,13-14H2,1H3. The third kappa shape index (κ3) is 4.71. The first kappa shape index (κ1) is 14.6. The summed E-state index contributed by atoms with van der Waals surface area (Å²) in [5.74, 6) is 0.817. The van der Waals surface area contributed by atoms with E-state index in [2.05, 4.69) is 43.3 Å². The molecule has 0 fully saturated rings. The number of aliphatic hydroxyl groups excluding tert-OH is 1. The fraction of sp³-hybridized carbons (Fsp3) is 0.333. The second-order valence-corrected chi connectivity index (χ2v) is 5.06. The Morgan fingerprint density at radius 1 is 0.950 bits per heavy atom. The van der Waals surface area contributed by atoms with Crippen LogP contribution in [-0.2, 0) is 6.42 Å². The van der Waals surface area contributed by atoms with E-state index in [9.17, 15) is 5.11 Å². The summed E-state index contributed by atoms with van der Waals surface area (Å²) < 4.78 is 5.58. The first-order valence-electron chi connectivity index (χ1n) is 7.21. The largest absolute Gasteiger partial charge is 0.491 e. The summed E-state index contributed by atoms with van der Waals surface area (Å²) in [6.45, 7) is 2.42. The minimum absolute atomic E-state index is 0.367. The summed E-state index contributed by atoms with van der Waals surface area (Å²) in [6.07, 6.45) is 2.32. The summed E-state index contributed by atoms with van der Waals surface area (Å²) in [4.78, 5) is 0. The van der Waals surface area contributed by atoms with Gasteiger partial charge < -0.3 is 9.84 Å². The number of benzene rings is 2. The van der Waals surface area contributed by atoms with E-state index in [4.69, 9.17) is 4.74 Å². The molecule has 0 spiro atoms. The van der Waals surface area contributed by atoms with Gasteiger partial charge in [0.1, 0.15) is 12.4 Å². The minimum Gasteiger partial charge on any atom is -0.491 e. The Labute approximate surface area is 121 Å². The minimum atomic E-state index is -0.371. The maximum atomic E-state index is 9.63. The molecule has 20 heavy (non-hydrogen) atoms. The lowest BCUT2D eigenvalue weighted by molar-refractivity contribution is 0.0993. The van der Waals surface area contributed by atoms with Crippen LogP contribution in [0.25, 0.3) is 0 Å². The van der Waals surface area contributed by atoms with Crippen molar-refractivity contribution in [2.24, 2.45) is 0 Å². The number of aliphatic hydroxyl groups is 1. The Hall–Kier alpha value is -1.80. The molecule has 0 heterocycles. The molecule has 0 aromatic heterocycles. The molecule has 0 saturated carbocycles. The average molecular weight is 270 g/mol. The fourth-order valence-electron chi connectivity index (χ4n) is 2.14. The van der Waals surface area contributed by atoms with Crippen LogP contribution >= 0.6 is 0 Å². The summed E-state index contributed by atoms with van der Waals surface area (Å²) in [6, 6.07) is 18.5. The first-order chi connectivity index (χ1) is 9.78. The van der Waals surface area contributed by atoms with Crippen molar-refractivity contribution in [2.75, 3.05) is 6.61 Å². The highest BCUT2D eigenvalue weighted by Crippen LogP contribution is 2.15. The van der Waals surface area contributed by atoms with Gasteiger partial charge in [-0.05, 0) is 36.1 Å². The number of hydrogen-bond donors (Lipinski definition) is 1. The molecule has 2 aromatic rings. The lowest BCUT2D eigenvalue weighted by Gasteiger charge is -2.11. The van der Waals surface area contributed by atoms with E-state index in [0.717, 1.165) is 25.0 Å². The van der Waals surface area contributed by atoms with Gasteiger partial charge in [0, 0.05) is 0 Å². The molecule has 2 nitrogen and oxygen atoms in total. The van der Waals surface area contributed by atoms with Crippen LogP contribution in [-0.4, -0.2) is 17.8 Å². The van der Waals surface area contributed by atoms with E-state index >= 15 is 0 Å². The van der Waals surface area contributed by atoms with Crippen LogP contribution in [0.1, 0.15) is 30.9 Å². The van der Waals surface area contributed by atoms with Gasteiger partial charge in [0.25, 0.3) is 0 Å². The number of hydrogen-bond acceptors (Lipinski definition) is 2. The third-order valence-corrected chi connectivity index (χ3v) is 3.24. The Morgan fingerprint density at radius 3 is 2.25 bits per heavy atom. The Bertz CT molecular complexity index is 491. The molecule has 0 aliphatic rings. The predicted octanol–water partition coefficient (Wildman–Crippen LogP) is 3.82. The topological polar surface area (TPSA) is 29.5 Å². The van der Waals surface area contributed by atoms with Gasteiger partial charge in [-0.25, -0.2) is 0 Å².